The average Bonchev–Trinajstić information content (AvgIpc) is 2.65. The molecule has 2 fully saturated rings. The molecule has 2 aliphatic rings. The number of amides is 2. The zero-order valence-electron chi connectivity index (χ0n) is 15.9. The van der Waals surface area contributed by atoms with Crippen LogP contribution in [0.3, 0.4) is 0 Å². The largest absolute Gasteiger partial charge is 0.394 e. The highest BCUT2D eigenvalue weighted by atomic mass is 16.7. The van der Waals surface area contributed by atoms with Gasteiger partial charge in [-0.25, -0.2) is 0 Å². The van der Waals surface area contributed by atoms with E-state index >= 15 is 0 Å². The van der Waals surface area contributed by atoms with Crippen LogP contribution >= 0.6 is 0 Å². The molecule has 0 spiro atoms. The number of rotatable bonds is 6. The maximum Gasteiger partial charge on any atom is 0.217 e. The normalized spacial score (nSPS) is 42.9. The molecule has 13 heteroatoms. The topological polar surface area (TPSA) is 207 Å². The van der Waals surface area contributed by atoms with Gasteiger partial charge in [0.25, 0.3) is 0 Å². The second-order valence-electron chi connectivity index (χ2n) is 7.00. The van der Waals surface area contributed by atoms with Crippen LogP contribution in [0.1, 0.15) is 13.8 Å². The highest BCUT2D eigenvalue weighted by Gasteiger charge is 2.51. The number of carbonyl (C=O) groups excluding carboxylic acids is 2. The quantitative estimate of drug-likeness (QED) is 0.202. The molecule has 0 aromatic carbocycles. The summed E-state index contributed by atoms with van der Waals surface area (Å²) in [4.78, 5) is 23.0. The van der Waals surface area contributed by atoms with E-state index in [9.17, 15) is 40.2 Å². The van der Waals surface area contributed by atoms with Crippen LogP contribution < -0.4 is 10.6 Å². The average molecular weight is 424 g/mol. The van der Waals surface area contributed by atoms with Crippen LogP contribution in [-0.2, 0) is 23.8 Å². The van der Waals surface area contributed by atoms with E-state index in [1.807, 2.05) is 0 Å². The standard InChI is InChI=1S/C16H28N2O11/c1-5(21)17-9-13(25)11(23)7(3-19)28-16(9)29-14-10(18-6(2)22)15(26)27-8(4-20)12(14)24/h7-16,19-20,23-26H,3-4H2,1-2H3,(H,17,21)(H,18,22)/t7-,8-,9-,10-,11+,12+,13-,14-,15?,16?/m1/s1. The molecule has 168 valence electrons. The van der Waals surface area contributed by atoms with Gasteiger partial charge in [0.1, 0.15) is 48.7 Å². The number of nitrogens with one attached hydrogen (secondary N) is 2. The van der Waals surface area contributed by atoms with E-state index in [1.54, 1.807) is 0 Å². The van der Waals surface area contributed by atoms with Gasteiger partial charge in [0, 0.05) is 13.8 Å². The Labute approximate surface area is 166 Å². The Morgan fingerprint density at radius 1 is 0.828 bits per heavy atom. The molecule has 2 amide bonds. The van der Waals surface area contributed by atoms with Crippen molar-refractivity contribution in [1.82, 2.24) is 10.6 Å². The molecule has 13 nitrogen and oxygen atoms in total. The Morgan fingerprint density at radius 3 is 1.86 bits per heavy atom. The lowest BCUT2D eigenvalue weighted by Crippen LogP contribution is -2.69. The second kappa shape index (κ2) is 10.1. The van der Waals surface area contributed by atoms with Crippen molar-refractivity contribution in [1.29, 1.82) is 0 Å². The number of ether oxygens (including phenoxy) is 3. The first kappa shape index (κ1) is 23.9. The smallest absolute Gasteiger partial charge is 0.217 e. The Balaban J connectivity index is 2.31. The van der Waals surface area contributed by atoms with Gasteiger partial charge in [0.2, 0.25) is 11.8 Å². The maximum atomic E-state index is 11.5. The Bertz CT molecular complexity index is 579. The highest BCUT2D eigenvalue weighted by Crippen LogP contribution is 2.28. The summed E-state index contributed by atoms with van der Waals surface area (Å²) < 4.78 is 16.2. The summed E-state index contributed by atoms with van der Waals surface area (Å²) >= 11 is 0. The van der Waals surface area contributed by atoms with Crippen molar-refractivity contribution >= 4 is 11.8 Å². The van der Waals surface area contributed by atoms with Crippen molar-refractivity contribution in [3.05, 3.63) is 0 Å². The van der Waals surface area contributed by atoms with Gasteiger partial charge >= 0.3 is 0 Å². The minimum absolute atomic E-state index is 0.576. The fourth-order valence-electron chi connectivity index (χ4n) is 3.38. The van der Waals surface area contributed by atoms with Gasteiger partial charge < -0.3 is 55.5 Å². The lowest BCUT2D eigenvalue weighted by atomic mass is 9.94. The van der Waals surface area contributed by atoms with E-state index in [1.165, 1.54) is 0 Å². The summed E-state index contributed by atoms with van der Waals surface area (Å²) in [5, 5.41) is 64.5. The molecular formula is C16H28N2O11. The number of carbonyl (C=O) groups is 2. The van der Waals surface area contributed by atoms with E-state index in [-0.39, 0.29) is 0 Å². The van der Waals surface area contributed by atoms with Gasteiger partial charge in [-0.1, -0.05) is 0 Å². The minimum Gasteiger partial charge on any atom is -0.394 e. The maximum absolute atomic E-state index is 11.5. The summed E-state index contributed by atoms with van der Waals surface area (Å²) in [6.07, 6.45) is -11.8. The third-order valence-corrected chi connectivity index (χ3v) is 4.78. The van der Waals surface area contributed by atoms with Crippen molar-refractivity contribution in [2.75, 3.05) is 13.2 Å². The first-order valence-electron chi connectivity index (χ1n) is 9.05. The van der Waals surface area contributed by atoms with E-state index < -0.39 is 86.3 Å². The molecule has 29 heavy (non-hydrogen) atoms. The summed E-state index contributed by atoms with van der Waals surface area (Å²) in [7, 11) is 0. The molecular weight excluding hydrogens is 396 g/mol. The second-order valence-corrected chi connectivity index (χ2v) is 7.00. The summed E-state index contributed by atoms with van der Waals surface area (Å²) in [6, 6.07) is -2.59. The van der Waals surface area contributed by atoms with Crippen LogP contribution in [0.2, 0.25) is 0 Å². The van der Waals surface area contributed by atoms with Gasteiger partial charge in [-0.15, -0.1) is 0 Å². The zero-order chi connectivity index (χ0) is 21.9. The van der Waals surface area contributed by atoms with E-state index in [0.717, 1.165) is 13.8 Å². The molecule has 2 rings (SSSR count). The molecule has 2 aliphatic heterocycles. The Morgan fingerprint density at radius 2 is 1.34 bits per heavy atom. The predicted octanol–water partition coefficient (Wildman–Crippen LogP) is -5.11. The molecule has 2 unspecified atom stereocenters. The third-order valence-electron chi connectivity index (χ3n) is 4.78. The van der Waals surface area contributed by atoms with Crippen molar-refractivity contribution in [3.8, 4) is 0 Å². The molecule has 2 saturated heterocycles. The number of hydrogen-bond donors (Lipinski definition) is 8. The summed E-state index contributed by atoms with van der Waals surface area (Å²) in [6.45, 7) is 0.959. The molecule has 0 aliphatic carbocycles. The fourth-order valence-corrected chi connectivity index (χ4v) is 3.38. The van der Waals surface area contributed by atoms with Crippen LogP contribution in [0, 0.1) is 0 Å². The lowest BCUT2D eigenvalue weighted by Gasteiger charge is -2.47. The van der Waals surface area contributed by atoms with Gasteiger partial charge in [-0.05, 0) is 0 Å². The van der Waals surface area contributed by atoms with E-state index in [0.29, 0.717) is 0 Å². The van der Waals surface area contributed by atoms with Crippen molar-refractivity contribution in [3.63, 3.8) is 0 Å². The van der Waals surface area contributed by atoms with Gasteiger partial charge in [-0.2, -0.15) is 0 Å². The first-order chi connectivity index (χ1) is 13.6. The van der Waals surface area contributed by atoms with E-state index in [4.69, 9.17) is 14.2 Å². The Hall–Kier alpha value is -1.42. The number of aliphatic hydroxyl groups excluding tert-OH is 6. The summed E-state index contributed by atoms with van der Waals surface area (Å²) in [5.41, 5.74) is 0. The molecule has 0 aromatic heterocycles. The highest BCUT2D eigenvalue weighted by molar-refractivity contribution is 5.73. The summed E-state index contributed by atoms with van der Waals surface area (Å²) in [5.74, 6) is -1.16. The Kier molecular flexibility index (Phi) is 8.28. The number of hydrogen-bond acceptors (Lipinski definition) is 11. The SMILES string of the molecule is CC(=O)N[C@H]1C(O[C@H]2[C@@H](O)[C@@H](CO)OC(O)[C@@H]2NC(C)=O)O[C@H](CO)[C@H](O)[C@@H]1O. The fraction of sp³-hybridized carbons (Fsp3) is 0.875. The zero-order valence-corrected chi connectivity index (χ0v) is 15.9. The van der Waals surface area contributed by atoms with Crippen LogP contribution in [0.25, 0.3) is 0 Å². The van der Waals surface area contributed by atoms with Gasteiger partial charge in [-0.3, -0.25) is 9.59 Å². The molecule has 0 aromatic rings. The molecule has 10 atom stereocenters. The first-order valence-corrected chi connectivity index (χ1v) is 9.05. The minimum atomic E-state index is -1.66. The van der Waals surface area contributed by atoms with Crippen molar-refractivity contribution in [2.45, 2.75) is 75.1 Å². The van der Waals surface area contributed by atoms with Crippen molar-refractivity contribution in [2.24, 2.45) is 0 Å². The molecule has 0 saturated carbocycles. The molecule has 2 heterocycles. The van der Waals surface area contributed by atoms with Crippen LogP contribution in [0.4, 0.5) is 0 Å². The number of aliphatic hydroxyl groups is 6. The third kappa shape index (κ3) is 5.39. The molecule has 0 bridgehead atoms. The monoisotopic (exact) mass is 424 g/mol. The lowest BCUT2D eigenvalue weighted by molar-refractivity contribution is -0.323. The van der Waals surface area contributed by atoms with E-state index in [2.05, 4.69) is 10.6 Å². The molecule has 8 N–H and O–H groups in total. The van der Waals surface area contributed by atoms with Crippen LogP contribution in [-0.4, -0.2) is 117 Å². The predicted molar refractivity (Wildman–Crippen MR) is 91.8 cm³/mol. The van der Waals surface area contributed by atoms with Crippen LogP contribution in [0.5, 0.6) is 0 Å². The van der Waals surface area contributed by atoms with Crippen LogP contribution in [0.15, 0.2) is 0 Å². The molecule has 0 radical (unpaired) electrons. The van der Waals surface area contributed by atoms with Crippen molar-refractivity contribution < 1.29 is 54.4 Å². The van der Waals surface area contributed by atoms with Gasteiger partial charge in [0.15, 0.2) is 12.6 Å². The van der Waals surface area contributed by atoms with Gasteiger partial charge in [0.05, 0.1) is 13.2 Å².